The van der Waals surface area contributed by atoms with E-state index < -0.39 is 5.54 Å². The number of hydrogen-bond acceptors (Lipinski definition) is 3. The van der Waals surface area contributed by atoms with Crippen LogP contribution in [0.15, 0.2) is 6.07 Å². The summed E-state index contributed by atoms with van der Waals surface area (Å²) in [6.45, 7) is 10.8. The van der Waals surface area contributed by atoms with E-state index in [0.29, 0.717) is 6.54 Å². The fourth-order valence-electron chi connectivity index (χ4n) is 2.16. The Labute approximate surface area is 110 Å². The molecule has 0 amide bonds. The van der Waals surface area contributed by atoms with E-state index in [0.717, 1.165) is 18.5 Å². The highest BCUT2D eigenvalue weighted by atomic mass is 15.3. The van der Waals surface area contributed by atoms with Crippen molar-refractivity contribution in [3.8, 4) is 6.07 Å². The Morgan fingerprint density at radius 3 is 2.56 bits per heavy atom. The number of hydrogen-bond donors (Lipinski definition) is 1. The maximum Gasteiger partial charge on any atom is 0.123 e. The van der Waals surface area contributed by atoms with E-state index in [1.54, 1.807) is 0 Å². The predicted molar refractivity (Wildman–Crippen MR) is 73.3 cm³/mol. The summed E-state index contributed by atoms with van der Waals surface area (Å²) in [6.07, 6.45) is 1.87. The molecule has 18 heavy (non-hydrogen) atoms. The van der Waals surface area contributed by atoms with Crippen LogP contribution in [0.3, 0.4) is 0 Å². The van der Waals surface area contributed by atoms with Crippen molar-refractivity contribution in [2.45, 2.75) is 65.6 Å². The third-order valence-corrected chi connectivity index (χ3v) is 2.96. The molecule has 1 heterocycles. The third-order valence-electron chi connectivity index (χ3n) is 2.96. The highest BCUT2D eigenvalue weighted by molar-refractivity contribution is 5.13. The van der Waals surface area contributed by atoms with Crippen molar-refractivity contribution in [3.05, 3.63) is 17.5 Å². The minimum absolute atomic E-state index is 0.279. The number of aromatic nitrogens is 2. The van der Waals surface area contributed by atoms with Crippen LogP contribution in [0, 0.1) is 11.3 Å². The lowest BCUT2D eigenvalue weighted by atomic mass is 10.0. The number of nitrogens with one attached hydrogen (secondary N) is 1. The van der Waals surface area contributed by atoms with Crippen LogP contribution in [0.25, 0.3) is 0 Å². The molecule has 0 saturated heterocycles. The topological polar surface area (TPSA) is 53.6 Å². The molecule has 4 nitrogen and oxygen atoms in total. The van der Waals surface area contributed by atoms with E-state index in [-0.39, 0.29) is 6.04 Å². The van der Waals surface area contributed by atoms with Crippen molar-refractivity contribution in [2.75, 3.05) is 0 Å². The minimum Gasteiger partial charge on any atom is -0.296 e. The van der Waals surface area contributed by atoms with E-state index in [4.69, 9.17) is 0 Å². The summed E-state index contributed by atoms with van der Waals surface area (Å²) >= 11 is 0. The van der Waals surface area contributed by atoms with Crippen LogP contribution in [0.1, 0.15) is 46.0 Å². The number of rotatable bonds is 6. The van der Waals surface area contributed by atoms with Gasteiger partial charge in [-0.3, -0.25) is 10.00 Å². The van der Waals surface area contributed by atoms with Gasteiger partial charge in [-0.15, -0.1) is 0 Å². The minimum atomic E-state index is -0.574. The predicted octanol–water partition coefficient (Wildman–Crippen LogP) is 2.29. The molecule has 0 saturated carbocycles. The molecular formula is C14H24N4. The lowest BCUT2D eigenvalue weighted by Crippen LogP contribution is -2.48. The van der Waals surface area contributed by atoms with Crippen LogP contribution in [-0.2, 0) is 19.4 Å². The molecule has 1 unspecified atom stereocenters. The van der Waals surface area contributed by atoms with Crippen LogP contribution < -0.4 is 5.32 Å². The Morgan fingerprint density at radius 1 is 1.44 bits per heavy atom. The van der Waals surface area contributed by atoms with Gasteiger partial charge >= 0.3 is 0 Å². The van der Waals surface area contributed by atoms with Gasteiger partial charge < -0.3 is 0 Å². The van der Waals surface area contributed by atoms with Gasteiger partial charge in [0.2, 0.25) is 0 Å². The standard InChI is InChI=1S/C14H24N4/c1-6-12-8-13(7-2)18(17-12)10-14(5,9-15)16-11(3)4/h8,11,16H,6-7,10H2,1-5H3. The van der Waals surface area contributed by atoms with E-state index >= 15 is 0 Å². The Kier molecular flexibility index (Phi) is 4.92. The molecule has 0 fully saturated rings. The molecule has 0 radical (unpaired) electrons. The maximum absolute atomic E-state index is 9.37. The zero-order chi connectivity index (χ0) is 13.8. The van der Waals surface area contributed by atoms with E-state index in [2.05, 4.69) is 50.2 Å². The molecule has 1 atom stereocenters. The van der Waals surface area contributed by atoms with Crippen molar-refractivity contribution < 1.29 is 0 Å². The molecule has 4 heteroatoms. The fourth-order valence-corrected chi connectivity index (χ4v) is 2.16. The number of aryl methyl sites for hydroxylation is 2. The maximum atomic E-state index is 9.37. The fraction of sp³-hybridized carbons (Fsp3) is 0.714. The SMILES string of the molecule is CCc1cc(CC)n(CC(C)(C#N)NC(C)C)n1. The van der Waals surface area contributed by atoms with Crippen molar-refractivity contribution in [1.29, 1.82) is 5.26 Å². The zero-order valence-electron chi connectivity index (χ0n) is 12.1. The van der Waals surface area contributed by atoms with Gasteiger partial charge in [0.05, 0.1) is 18.3 Å². The number of nitriles is 1. The quantitative estimate of drug-likeness (QED) is 0.840. The second kappa shape index (κ2) is 6.01. The van der Waals surface area contributed by atoms with Crippen LogP contribution >= 0.6 is 0 Å². The van der Waals surface area contributed by atoms with Crippen molar-refractivity contribution in [2.24, 2.45) is 0 Å². The van der Waals surface area contributed by atoms with Gasteiger partial charge in [-0.05, 0) is 39.7 Å². The Balaban J connectivity index is 2.94. The highest BCUT2D eigenvalue weighted by Crippen LogP contribution is 2.13. The molecule has 1 aromatic heterocycles. The van der Waals surface area contributed by atoms with Crippen LogP contribution in [0.4, 0.5) is 0 Å². The first-order chi connectivity index (χ1) is 8.44. The molecule has 1 N–H and O–H groups in total. The monoisotopic (exact) mass is 248 g/mol. The van der Waals surface area contributed by atoms with Crippen LogP contribution in [0.2, 0.25) is 0 Å². The molecule has 1 rings (SSSR count). The average molecular weight is 248 g/mol. The normalized spacial score (nSPS) is 14.5. The first-order valence-corrected chi connectivity index (χ1v) is 6.68. The third kappa shape index (κ3) is 3.58. The molecule has 0 bridgehead atoms. The molecule has 1 aromatic rings. The highest BCUT2D eigenvalue weighted by Gasteiger charge is 2.26. The Hall–Kier alpha value is -1.34. The Bertz CT molecular complexity index is 427. The van der Waals surface area contributed by atoms with E-state index in [1.807, 2.05) is 11.6 Å². The molecular weight excluding hydrogens is 224 g/mol. The number of nitrogens with zero attached hydrogens (tertiary/aromatic N) is 3. The summed E-state index contributed by atoms with van der Waals surface area (Å²) in [7, 11) is 0. The average Bonchev–Trinajstić information content (AvgIpc) is 2.70. The van der Waals surface area contributed by atoms with E-state index in [9.17, 15) is 5.26 Å². The first-order valence-electron chi connectivity index (χ1n) is 6.68. The first kappa shape index (κ1) is 14.7. The second-order valence-corrected chi connectivity index (χ2v) is 5.23. The molecule has 0 spiro atoms. The van der Waals surface area contributed by atoms with Gasteiger partial charge in [-0.2, -0.15) is 10.4 Å². The summed E-state index contributed by atoms with van der Waals surface area (Å²) in [6, 6.07) is 4.78. The van der Waals surface area contributed by atoms with Crippen molar-refractivity contribution >= 4 is 0 Å². The lowest BCUT2D eigenvalue weighted by Gasteiger charge is -2.26. The smallest absolute Gasteiger partial charge is 0.123 e. The van der Waals surface area contributed by atoms with Gasteiger partial charge in [0.1, 0.15) is 5.54 Å². The summed E-state index contributed by atoms with van der Waals surface area (Å²) in [5.41, 5.74) is 1.71. The second-order valence-electron chi connectivity index (χ2n) is 5.23. The molecule has 0 aromatic carbocycles. The van der Waals surface area contributed by atoms with Crippen molar-refractivity contribution in [1.82, 2.24) is 15.1 Å². The molecule has 0 aliphatic carbocycles. The largest absolute Gasteiger partial charge is 0.296 e. The summed E-state index contributed by atoms with van der Waals surface area (Å²) in [4.78, 5) is 0. The summed E-state index contributed by atoms with van der Waals surface area (Å²) in [5.74, 6) is 0. The molecule has 0 aliphatic rings. The Morgan fingerprint density at radius 2 is 2.11 bits per heavy atom. The van der Waals surface area contributed by atoms with Gasteiger partial charge in [0.25, 0.3) is 0 Å². The molecule has 0 aliphatic heterocycles. The van der Waals surface area contributed by atoms with Crippen LogP contribution in [-0.4, -0.2) is 21.4 Å². The van der Waals surface area contributed by atoms with Gasteiger partial charge in [-0.1, -0.05) is 13.8 Å². The lowest BCUT2D eigenvalue weighted by molar-refractivity contribution is 0.339. The summed E-state index contributed by atoms with van der Waals surface area (Å²) in [5, 5.41) is 17.2. The van der Waals surface area contributed by atoms with Gasteiger partial charge in [0.15, 0.2) is 0 Å². The van der Waals surface area contributed by atoms with Crippen LogP contribution in [0.5, 0.6) is 0 Å². The van der Waals surface area contributed by atoms with E-state index in [1.165, 1.54) is 5.69 Å². The summed E-state index contributed by atoms with van der Waals surface area (Å²) < 4.78 is 1.97. The molecule has 100 valence electrons. The van der Waals surface area contributed by atoms with Gasteiger partial charge in [0, 0.05) is 11.7 Å². The van der Waals surface area contributed by atoms with Gasteiger partial charge in [-0.25, -0.2) is 0 Å². The van der Waals surface area contributed by atoms with Crippen molar-refractivity contribution in [3.63, 3.8) is 0 Å². The zero-order valence-corrected chi connectivity index (χ0v) is 12.1.